The van der Waals surface area contributed by atoms with Crippen LogP contribution in [0.2, 0.25) is 0 Å². The van der Waals surface area contributed by atoms with Crippen LogP contribution in [0.25, 0.3) is 0 Å². The fourth-order valence-electron chi connectivity index (χ4n) is 0. The minimum Gasteiger partial charge on any atom is -0.832 e. The molecule has 0 aromatic heterocycles. The van der Waals surface area contributed by atoms with Crippen molar-refractivity contribution < 1.29 is 53.7 Å². The molecule has 0 fully saturated rings. The van der Waals surface area contributed by atoms with Gasteiger partial charge in [-0.1, -0.05) is 13.8 Å². The van der Waals surface area contributed by atoms with E-state index in [-0.39, 0.29) is 31.7 Å². The zero-order chi connectivity index (χ0) is 12.1. The molecule has 9 heteroatoms. The Morgan fingerprint density at radius 2 is 1.13 bits per heavy atom. The molecule has 0 rings (SSSR count). The van der Waals surface area contributed by atoms with Crippen molar-refractivity contribution in [3.05, 3.63) is 0 Å². The molecule has 0 aliphatic rings. The van der Waals surface area contributed by atoms with Crippen molar-refractivity contribution in [2.75, 3.05) is 0 Å². The van der Waals surface area contributed by atoms with Crippen LogP contribution in [0.3, 0.4) is 0 Å². The van der Waals surface area contributed by atoms with E-state index in [0.29, 0.717) is 0 Å². The smallest absolute Gasteiger partial charge is 0.832 e. The Morgan fingerprint density at radius 3 is 1.13 bits per heavy atom. The van der Waals surface area contributed by atoms with Crippen LogP contribution in [0.15, 0.2) is 0 Å². The number of hydrogen-bond donors (Lipinski definition) is 4. The number of hydrogen-bond acceptors (Lipinski definition) is 5. The van der Waals surface area contributed by atoms with Gasteiger partial charge in [0.25, 0.3) is 0 Å². The molecule has 0 spiro atoms. The van der Waals surface area contributed by atoms with Crippen LogP contribution >= 0.6 is 0 Å². The molecule has 4 N–H and O–H groups in total. The molecule has 0 atom stereocenters. The molecule has 7 nitrogen and oxygen atoms in total. The van der Waals surface area contributed by atoms with Gasteiger partial charge in [0.2, 0.25) is 0 Å². The summed E-state index contributed by atoms with van der Waals surface area (Å²) in [5.41, 5.74) is 0. The fourth-order valence-corrected chi connectivity index (χ4v) is 0. The van der Waals surface area contributed by atoms with E-state index in [4.69, 9.17) is 25.3 Å². The van der Waals surface area contributed by atoms with Gasteiger partial charge in [-0.05, 0) is 0 Å². The van der Waals surface area contributed by atoms with E-state index in [1.54, 1.807) is 13.8 Å². The second-order valence-electron chi connectivity index (χ2n) is 1.82. The third kappa shape index (κ3) is 147. The number of carboxylic acids is 2. The van der Waals surface area contributed by atoms with Gasteiger partial charge in [-0.2, -0.15) is 0 Å². The largest absolute Gasteiger partial charge is 1.00 e. The summed E-state index contributed by atoms with van der Waals surface area (Å²) in [6, 6.07) is 0. The van der Waals surface area contributed by atoms with Crippen LogP contribution < -0.4 is 23.9 Å². The average Bonchev–Trinajstić information content (AvgIpc) is 2.04. The zero-order valence-electron chi connectivity index (χ0n) is 9.01. The van der Waals surface area contributed by atoms with E-state index in [2.05, 4.69) is 0 Å². The summed E-state index contributed by atoms with van der Waals surface area (Å²) in [7, 11) is -2.42. The summed E-state index contributed by atoms with van der Waals surface area (Å²) in [4.78, 5) is 18.7. The molecule has 0 unspecified atom stereocenters. The molecule has 0 aliphatic carbocycles. The Labute approximate surface area is 100 Å². The number of carbonyl (C=O) groups is 2. The molecule has 0 amide bonds. The van der Waals surface area contributed by atoms with Gasteiger partial charge in [0.1, 0.15) is 0 Å². The van der Waals surface area contributed by atoms with Crippen molar-refractivity contribution in [3.63, 3.8) is 0 Å². The summed E-state index contributed by atoms with van der Waals surface area (Å²) in [6.45, 7) is 3.20. The van der Waals surface area contributed by atoms with Crippen molar-refractivity contribution in [2.24, 2.45) is 0 Å². The Morgan fingerprint density at radius 1 is 1.07 bits per heavy atom. The van der Waals surface area contributed by atoms with E-state index in [0.717, 1.165) is 0 Å². The molecule has 0 bridgehead atoms. The van der Waals surface area contributed by atoms with E-state index >= 15 is 0 Å². The molecular weight excluding hydrogens is 202 g/mol. The first kappa shape index (κ1) is 24.0. The van der Waals surface area contributed by atoms with Gasteiger partial charge in [-0.3, -0.25) is 9.59 Å². The van der Waals surface area contributed by atoms with Gasteiger partial charge in [-0.15, -0.1) is 0 Å². The van der Waals surface area contributed by atoms with Crippen LogP contribution in [0.5, 0.6) is 0 Å². The molecule has 0 radical (unpaired) electrons. The van der Waals surface area contributed by atoms with Gasteiger partial charge in [-0.25, -0.2) is 0 Å². The van der Waals surface area contributed by atoms with Crippen LogP contribution in [0.1, 0.15) is 26.7 Å². The van der Waals surface area contributed by atoms with Crippen molar-refractivity contribution in [3.8, 4) is 0 Å². The number of carboxylic acid groups (broad SMARTS) is 2. The van der Waals surface area contributed by atoms with E-state index < -0.39 is 19.3 Å². The summed E-state index contributed by atoms with van der Waals surface area (Å²) in [6.07, 6.45) is 0.444. The third-order valence-electron chi connectivity index (χ3n) is 0.605. The van der Waals surface area contributed by atoms with Crippen molar-refractivity contribution in [2.45, 2.75) is 26.7 Å². The van der Waals surface area contributed by atoms with Crippen LogP contribution in [-0.2, 0) is 9.59 Å². The van der Waals surface area contributed by atoms with Gasteiger partial charge in [0, 0.05) is 12.8 Å². The molecule has 84 valence electrons. The third-order valence-corrected chi connectivity index (χ3v) is 0.605. The molecule has 0 aliphatic heterocycles. The van der Waals surface area contributed by atoms with Gasteiger partial charge < -0.3 is 25.3 Å². The van der Waals surface area contributed by atoms with E-state index in [1.807, 2.05) is 0 Å². The summed E-state index contributed by atoms with van der Waals surface area (Å²) in [5.74, 6) is -1.49. The van der Waals surface area contributed by atoms with Gasteiger partial charge >= 0.3 is 38.1 Å². The number of aliphatic carboxylic acids is 2. The van der Waals surface area contributed by atoms with Crippen molar-refractivity contribution in [1.29, 1.82) is 0 Å². The van der Waals surface area contributed by atoms with Crippen LogP contribution in [0, 0.1) is 0 Å². The Hall–Kier alpha value is -0.518. The molecule has 0 aromatic rings. The first-order chi connectivity index (χ1) is 6.27. The summed E-state index contributed by atoms with van der Waals surface area (Å²) >= 11 is 0. The maximum atomic E-state index is 9.37. The SMILES string of the molecule is CCC(=O)O.CCC(=O)O.[Li+].[O-]B(O)O. The maximum absolute atomic E-state index is 9.37. The van der Waals surface area contributed by atoms with Crippen molar-refractivity contribution in [1.82, 2.24) is 0 Å². The number of rotatable bonds is 2. The first-order valence-corrected chi connectivity index (χ1v) is 3.73. The molecule has 0 heterocycles. The maximum Gasteiger partial charge on any atom is 1.00 e. The molecule has 0 saturated heterocycles. The van der Waals surface area contributed by atoms with Crippen molar-refractivity contribution >= 4 is 19.3 Å². The standard InChI is InChI=1S/2C3H6O2.BH2O3.Li/c2*1-2-3(4)5;2-1(3)4;/h2*2H2,1H3,(H,4,5);2-3H;/q;;-1;+1. The predicted octanol–water partition coefficient (Wildman–Crippen LogP) is -4.72. The van der Waals surface area contributed by atoms with Crippen LogP contribution in [0.4, 0.5) is 0 Å². The molecular formula is C6H14BLiO7. The Bertz CT molecular complexity index is 136. The Balaban J connectivity index is -0.0000000590. The van der Waals surface area contributed by atoms with Gasteiger partial charge in [0.05, 0.1) is 0 Å². The minimum atomic E-state index is -2.42. The van der Waals surface area contributed by atoms with Gasteiger partial charge in [0.15, 0.2) is 0 Å². The minimum absolute atomic E-state index is 0. The molecule has 0 aromatic carbocycles. The van der Waals surface area contributed by atoms with E-state index in [1.165, 1.54) is 0 Å². The summed E-state index contributed by atoms with van der Waals surface area (Å²) < 4.78 is 0. The summed E-state index contributed by atoms with van der Waals surface area (Å²) in [5, 5.41) is 38.2. The average molecular weight is 216 g/mol. The van der Waals surface area contributed by atoms with E-state index in [9.17, 15) is 9.59 Å². The molecule has 0 saturated carbocycles. The monoisotopic (exact) mass is 216 g/mol. The fraction of sp³-hybridized carbons (Fsp3) is 0.667. The second-order valence-corrected chi connectivity index (χ2v) is 1.82. The van der Waals surface area contributed by atoms with Crippen LogP contribution in [-0.4, -0.2) is 39.5 Å². The Kier molecular flexibility index (Phi) is 30.5. The quantitative estimate of drug-likeness (QED) is 0.340. The zero-order valence-corrected chi connectivity index (χ0v) is 9.01. The first-order valence-electron chi connectivity index (χ1n) is 3.73. The normalized spacial score (nSPS) is 6.73. The second kappa shape index (κ2) is 19.1. The predicted molar refractivity (Wildman–Crippen MR) is 46.0 cm³/mol. The topological polar surface area (TPSA) is 138 Å². The molecule has 15 heavy (non-hydrogen) atoms.